The lowest BCUT2D eigenvalue weighted by Gasteiger charge is -2.12. The lowest BCUT2D eigenvalue weighted by atomic mass is 10.3. The number of methoxy groups -OCH3 is 1. The molecule has 0 aliphatic carbocycles. The second kappa shape index (κ2) is 8.66. The largest absolute Gasteiger partial charge is 0.477 e. The van der Waals surface area contributed by atoms with E-state index in [1.54, 1.807) is 7.11 Å². The number of hydrogen-bond donors (Lipinski definition) is 1. The van der Waals surface area contributed by atoms with Crippen LogP contribution in [-0.4, -0.2) is 50.6 Å². The van der Waals surface area contributed by atoms with E-state index >= 15 is 0 Å². The molecule has 0 aliphatic rings. The summed E-state index contributed by atoms with van der Waals surface area (Å²) in [6.45, 7) is 6.26. The number of aromatic nitrogens is 2. The van der Waals surface area contributed by atoms with Gasteiger partial charge in [0.1, 0.15) is 11.6 Å². The minimum atomic E-state index is 0.577. The molecule has 19 heavy (non-hydrogen) atoms. The van der Waals surface area contributed by atoms with Crippen molar-refractivity contribution < 1.29 is 14.2 Å². The number of nitrogens with zero attached hydrogens (tertiary/aromatic N) is 2. The van der Waals surface area contributed by atoms with Crippen molar-refractivity contribution in [3.63, 3.8) is 0 Å². The minimum absolute atomic E-state index is 0.577. The molecule has 1 heterocycles. The van der Waals surface area contributed by atoms with Crippen LogP contribution in [0.25, 0.3) is 0 Å². The van der Waals surface area contributed by atoms with Crippen LogP contribution in [0, 0.1) is 13.8 Å². The van der Waals surface area contributed by atoms with Gasteiger partial charge in [0.25, 0.3) is 0 Å². The average molecular weight is 269 g/mol. The number of anilines is 1. The normalized spacial score (nSPS) is 10.5. The SMILES string of the molecule is CNc1nc(C)nc(OCCCOCCOC)c1C. The van der Waals surface area contributed by atoms with E-state index in [-0.39, 0.29) is 0 Å². The lowest BCUT2D eigenvalue weighted by Crippen LogP contribution is -2.09. The van der Waals surface area contributed by atoms with Crippen molar-refractivity contribution in [2.75, 3.05) is 45.9 Å². The molecule has 0 bridgehead atoms. The molecule has 0 saturated carbocycles. The molecular weight excluding hydrogens is 246 g/mol. The third-order valence-corrected chi connectivity index (χ3v) is 2.55. The number of rotatable bonds is 9. The van der Waals surface area contributed by atoms with E-state index in [1.165, 1.54) is 0 Å². The molecule has 0 radical (unpaired) electrons. The highest BCUT2D eigenvalue weighted by Gasteiger charge is 2.08. The molecule has 1 aromatic heterocycles. The van der Waals surface area contributed by atoms with Gasteiger partial charge in [-0.25, -0.2) is 4.98 Å². The first-order valence-corrected chi connectivity index (χ1v) is 6.41. The number of hydrogen-bond acceptors (Lipinski definition) is 6. The van der Waals surface area contributed by atoms with Crippen molar-refractivity contribution in [2.24, 2.45) is 0 Å². The highest BCUT2D eigenvalue weighted by atomic mass is 16.5. The van der Waals surface area contributed by atoms with Gasteiger partial charge >= 0.3 is 0 Å². The third-order valence-electron chi connectivity index (χ3n) is 2.55. The summed E-state index contributed by atoms with van der Waals surface area (Å²) in [5, 5.41) is 3.03. The monoisotopic (exact) mass is 269 g/mol. The first-order valence-electron chi connectivity index (χ1n) is 6.41. The summed E-state index contributed by atoms with van der Waals surface area (Å²) in [6, 6.07) is 0. The van der Waals surface area contributed by atoms with Gasteiger partial charge in [0.2, 0.25) is 5.88 Å². The Hall–Kier alpha value is -1.40. The van der Waals surface area contributed by atoms with Crippen LogP contribution in [0.4, 0.5) is 5.82 Å². The molecule has 0 aliphatic heterocycles. The molecule has 0 aromatic carbocycles. The van der Waals surface area contributed by atoms with Gasteiger partial charge in [0, 0.05) is 27.2 Å². The number of ether oxygens (including phenoxy) is 3. The number of nitrogens with one attached hydrogen (secondary N) is 1. The van der Waals surface area contributed by atoms with Gasteiger partial charge in [-0.1, -0.05) is 0 Å². The smallest absolute Gasteiger partial charge is 0.221 e. The summed E-state index contributed by atoms with van der Waals surface area (Å²) >= 11 is 0. The van der Waals surface area contributed by atoms with Gasteiger partial charge in [-0.2, -0.15) is 4.98 Å². The summed E-state index contributed by atoms with van der Waals surface area (Å²) in [6.07, 6.45) is 0.821. The zero-order valence-corrected chi connectivity index (χ0v) is 12.2. The molecule has 0 saturated heterocycles. The summed E-state index contributed by atoms with van der Waals surface area (Å²) in [5.74, 6) is 2.13. The standard InChI is InChI=1S/C13H23N3O3/c1-10-12(14-3)15-11(2)16-13(10)19-7-5-6-18-9-8-17-4/h5-9H2,1-4H3,(H,14,15,16). The Labute approximate surface area is 114 Å². The van der Waals surface area contributed by atoms with E-state index in [0.29, 0.717) is 38.1 Å². The zero-order chi connectivity index (χ0) is 14.1. The highest BCUT2D eigenvalue weighted by molar-refractivity contribution is 5.47. The van der Waals surface area contributed by atoms with Crippen molar-refractivity contribution in [2.45, 2.75) is 20.3 Å². The molecule has 6 nitrogen and oxygen atoms in total. The van der Waals surface area contributed by atoms with Crippen molar-refractivity contribution in [1.29, 1.82) is 0 Å². The molecule has 6 heteroatoms. The van der Waals surface area contributed by atoms with Crippen LogP contribution >= 0.6 is 0 Å². The van der Waals surface area contributed by atoms with Crippen LogP contribution in [0.2, 0.25) is 0 Å². The Bertz CT molecular complexity index is 386. The molecule has 1 N–H and O–H groups in total. The Kier molecular flexibility index (Phi) is 7.14. The third kappa shape index (κ3) is 5.40. The van der Waals surface area contributed by atoms with Crippen molar-refractivity contribution in [3.8, 4) is 5.88 Å². The first-order chi connectivity index (χ1) is 9.19. The first kappa shape index (κ1) is 15.7. The van der Waals surface area contributed by atoms with Crippen molar-refractivity contribution >= 4 is 5.82 Å². The molecule has 0 spiro atoms. The predicted octanol–water partition coefficient (Wildman–Crippen LogP) is 1.57. The summed E-state index contributed by atoms with van der Waals surface area (Å²) in [5.41, 5.74) is 0.924. The fourth-order valence-electron chi connectivity index (χ4n) is 1.56. The van der Waals surface area contributed by atoms with Gasteiger partial charge in [-0.15, -0.1) is 0 Å². The van der Waals surface area contributed by atoms with Crippen molar-refractivity contribution in [3.05, 3.63) is 11.4 Å². The summed E-state index contributed by atoms with van der Waals surface area (Å²) in [7, 11) is 3.49. The lowest BCUT2D eigenvalue weighted by molar-refractivity contribution is 0.0641. The highest BCUT2D eigenvalue weighted by Crippen LogP contribution is 2.21. The van der Waals surface area contributed by atoms with E-state index in [2.05, 4.69) is 15.3 Å². The Morgan fingerprint density at radius 1 is 1.05 bits per heavy atom. The molecule has 0 amide bonds. The fourth-order valence-corrected chi connectivity index (χ4v) is 1.56. The van der Waals surface area contributed by atoms with E-state index in [9.17, 15) is 0 Å². The van der Waals surface area contributed by atoms with E-state index in [1.807, 2.05) is 20.9 Å². The van der Waals surface area contributed by atoms with E-state index in [0.717, 1.165) is 17.8 Å². The molecule has 0 atom stereocenters. The summed E-state index contributed by atoms with van der Waals surface area (Å²) in [4.78, 5) is 8.58. The van der Waals surface area contributed by atoms with Gasteiger partial charge in [-0.05, 0) is 13.8 Å². The van der Waals surface area contributed by atoms with Crippen LogP contribution in [0.5, 0.6) is 5.88 Å². The van der Waals surface area contributed by atoms with Crippen LogP contribution in [0.1, 0.15) is 17.8 Å². The Morgan fingerprint density at radius 2 is 1.84 bits per heavy atom. The quantitative estimate of drug-likeness (QED) is 0.686. The van der Waals surface area contributed by atoms with Crippen LogP contribution in [-0.2, 0) is 9.47 Å². The van der Waals surface area contributed by atoms with E-state index in [4.69, 9.17) is 14.2 Å². The minimum Gasteiger partial charge on any atom is -0.477 e. The topological polar surface area (TPSA) is 65.5 Å². The van der Waals surface area contributed by atoms with E-state index < -0.39 is 0 Å². The maximum absolute atomic E-state index is 5.66. The summed E-state index contributed by atoms with van der Waals surface area (Å²) < 4.78 is 15.9. The molecule has 0 fully saturated rings. The van der Waals surface area contributed by atoms with Gasteiger partial charge in [0.05, 0.1) is 25.4 Å². The maximum Gasteiger partial charge on any atom is 0.221 e. The average Bonchev–Trinajstić information content (AvgIpc) is 2.41. The molecule has 0 unspecified atom stereocenters. The zero-order valence-electron chi connectivity index (χ0n) is 12.2. The van der Waals surface area contributed by atoms with Gasteiger partial charge < -0.3 is 19.5 Å². The van der Waals surface area contributed by atoms with Gasteiger partial charge in [-0.3, -0.25) is 0 Å². The second-order valence-corrected chi connectivity index (χ2v) is 4.11. The maximum atomic E-state index is 5.66. The second-order valence-electron chi connectivity index (χ2n) is 4.11. The fraction of sp³-hybridized carbons (Fsp3) is 0.692. The molecule has 1 rings (SSSR count). The number of aryl methyl sites for hydroxylation is 1. The Morgan fingerprint density at radius 3 is 2.53 bits per heavy atom. The van der Waals surface area contributed by atoms with Crippen molar-refractivity contribution in [1.82, 2.24) is 9.97 Å². The molecule has 1 aromatic rings. The Balaban J connectivity index is 2.35. The van der Waals surface area contributed by atoms with Crippen LogP contribution in [0.15, 0.2) is 0 Å². The molecule has 108 valence electrons. The van der Waals surface area contributed by atoms with Crippen LogP contribution in [0.3, 0.4) is 0 Å². The van der Waals surface area contributed by atoms with Crippen LogP contribution < -0.4 is 10.1 Å². The predicted molar refractivity (Wildman–Crippen MR) is 73.9 cm³/mol. The molecular formula is C13H23N3O3. The van der Waals surface area contributed by atoms with Gasteiger partial charge in [0.15, 0.2) is 0 Å².